The number of carbonyl (C=O) groups is 2. The van der Waals surface area contributed by atoms with E-state index in [4.69, 9.17) is 28.9 Å². The Kier molecular flexibility index (Phi) is 5.20. The summed E-state index contributed by atoms with van der Waals surface area (Å²) in [5, 5.41) is 3.57. The predicted octanol–water partition coefficient (Wildman–Crippen LogP) is 3.74. The van der Waals surface area contributed by atoms with E-state index in [9.17, 15) is 9.59 Å². The van der Waals surface area contributed by atoms with E-state index in [0.29, 0.717) is 26.9 Å². The number of rotatable bonds is 4. The Morgan fingerprint density at radius 1 is 1.00 bits per heavy atom. The van der Waals surface area contributed by atoms with E-state index in [1.165, 1.54) is 24.3 Å². The summed E-state index contributed by atoms with van der Waals surface area (Å²) in [6, 6.07) is 11.4. The Morgan fingerprint density at radius 3 is 2.14 bits per heavy atom. The normalized spacial score (nSPS) is 10.6. The van der Waals surface area contributed by atoms with Gasteiger partial charge in [0.1, 0.15) is 0 Å². The minimum Gasteiger partial charge on any atom is -0.366 e. The molecule has 112 valence electrons. The summed E-state index contributed by atoms with van der Waals surface area (Å²) in [5.74, 6) is -0.867. The quantitative estimate of drug-likeness (QED) is 0.836. The Bertz CT molecular complexity index is 720. The zero-order valence-corrected chi connectivity index (χ0v) is 12.9. The zero-order chi connectivity index (χ0) is 16.1. The molecule has 0 bridgehead atoms. The molecule has 0 aliphatic rings. The maximum atomic E-state index is 11.9. The summed E-state index contributed by atoms with van der Waals surface area (Å²) >= 11 is 12.0. The van der Waals surface area contributed by atoms with E-state index < -0.39 is 5.91 Å². The lowest BCUT2D eigenvalue weighted by molar-refractivity contribution is -0.111. The molecule has 0 aliphatic heterocycles. The summed E-state index contributed by atoms with van der Waals surface area (Å²) < 4.78 is 0. The smallest absolute Gasteiger partial charge is 0.248 e. The number of benzene rings is 2. The third-order valence-corrected chi connectivity index (χ3v) is 3.50. The average Bonchev–Trinajstić information content (AvgIpc) is 2.47. The predicted molar refractivity (Wildman–Crippen MR) is 89.1 cm³/mol. The second-order valence-electron chi connectivity index (χ2n) is 4.40. The first kappa shape index (κ1) is 16.1. The third kappa shape index (κ3) is 4.10. The standard InChI is InChI=1S/C16H12Cl2N2O2/c17-13-2-1-3-14(18)12(13)8-9-15(21)20-11-6-4-10(5-7-11)16(19)22/h1-9H,(H2,19,22)(H,20,21)/b9-8-. The van der Waals surface area contributed by atoms with Crippen molar-refractivity contribution in [3.05, 3.63) is 69.7 Å². The largest absolute Gasteiger partial charge is 0.366 e. The molecule has 0 unspecified atom stereocenters. The molecule has 0 saturated carbocycles. The Hall–Kier alpha value is -2.30. The van der Waals surface area contributed by atoms with Crippen LogP contribution < -0.4 is 11.1 Å². The van der Waals surface area contributed by atoms with Gasteiger partial charge in [-0.2, -0.15) is 0 Å². The number of halogens is 2. The van der Waals surface area contributed by atoms with Gasteiger partial charge in [0.15, 0.2) is 0 Å². The van der Waals surface area contributed by atoms with E-state index in [1.54, 1.807) is 30.3 Å². The van der Waals surface area contributed by atoms with Gasteiger partial charge in [0, 0.05) is 32.9 Å². The molecular formula is C16H12Cl2N2O2. The molecule has 0 fully saturated rings. The number of primary amides is 1. The monoisotopic (exact) mass is 334 g/mol. The van der Waals surface area contributed by atoms with Crippen molar-refractivity contribution in [1.82, 2.24) is 0 Å². The number of hydrogen-bond donors (Lipinski definition) is 2. The van der Waals surface area contributed by atoms with Gasteiger partial charge >= 0.3 is 0 Å². The molecule has 6 heteroatoms. The summed E-state index contributed by atoms with van der Waals surface area (Å²) in [6.07, 6.45) is 2.87. The highest BCUT2D eigenvalue weighted by atomic mass is 35.5. The lowest BCUT2D eigenvalue weighted by Gasteiger charge is -2.03. The first-order valence-corrected chi connectivity index (χ1v) is 7.06. The zero-order valence-electron chi connectivity index (χ0n) is 11.3. The van der Waals surface area contributed by atoms with Crippen LogP contribution in [0.5, 0.6) is 0 Å². The van der Waals surface area contributed by atoms with Crippen molar-refractivity contribution in [3.8, 4) is 0 Å². The van der Waals surface area contributed by atoms with Crippen LogP contribution in [0.15, 0.2) is 48.5 Å². The fourth-order valence-corrected chi connectivity index (χ4v) is 2.25. The van der Waals surface area contributed by atoms with Crippen LogP contribution in [0.3, 0.4) is 0 Å². The molecule has 0 aliphatic carbocycles. The molecule has 22 heavy (non-hydrogen) atoms. The van der Waals surface area contributed by atoms with Gasteiger partial charge in [0.2, 0.25) is 11.8 Å². The van der Waals surface area contributed by atoms with Crippen molar-refractivity contribution in [2.45, 2.75) is 0 Å². The molecular weight excluding hydrogens is 323 g/mol. The molecule has 3 N–H and O–H groups in total. The van der Waals surface area contributed by atoms with Crippen LogP contribution in [-0.2, 0) is 4.79 Å². The van der Waals surface area contributed by atoms with Gasteiger partial charge in [-0.15, -0.1) is 0 Å². The summed E-state index contributed by atoms with van der Waals surface area (Å²) in [6.45, 7) is 0. The van der Waals surface area contributed by atoms with Gasteiger partial charge < -0.3 is 11.1 Å². The highest BCUT2D eigenvalue weighted by molar-refractivity contribution is 6.37. The van der Waals surface area contributed by atoms with Gasteiger partial charge in [-0.1, -0.05) is 29.3 Å². The molecule has 2 rings (SSSR count). The first-order chi connectivity index (χ1) is 10.5. The van der Waals surface area contributed by atoms with E-state index in [0.717, 1.165) is 0 Å². The van der Waals surface area contributed by atoms with Crippen LogP contribution in [0, 0.1) is 0 Å². The van der Waals surface area contributed by atoms with Crippen LogP contribution in [0.25, 0.3) is 6.08 Å². The van der Waals surface area contributed by atoms with Crippen molar-refractivity contribution in [3.63, 3.8) is 0 Å². The molecule has 0 radical (unpaired) electrons. The molecule has 0 spiro atoms. The number of carbonyl (C=O) groups excluding carboxylic acids is 2. The molecule has 2 aromatic rings. The van der Waals surface area contributed by atoms with Gasteiger partial charge in [-0.05, 0) is 42.5 Å². The minimum absolute atomic E-state index is 0.345. The van der Waals surface area contributed by atoms with E-state index >= 15 is 0 Å². The number of amides is 2. The van der Waals surface area contributed by atoms with Gasteiger partial charge in [-0.3, -0.25) is 9.59 Å². The fraction of sp³-hybridized carbons (Fsp3) is 0. The van der Waals surface area contributed by atoms with Crippen molar-refractivity contribution < 1.29 is 9.59 Å². The molecule has 0 atom stereocenters. The summed E-state index contributed by atoms with van der Waals surface area (Å²) in [5.41, 5.74) is 6.64. The van der Waals surface area contributed by atoms with Gasteiger partial charge in [0.25, 0.3) is 0 Å². The molecule has 2 amide bonds. The highest BCUT2D eigenvalue weighted by Crippen LogP contribution is 2.25. The highest BCUT2D eigenvalue weighted by Gasteiger charge is 2.04. The van der Waals surface area contributed by atoms with Crippen molar-refractivity contribution in [1.29, 1.82) is 0 Å². The lowest BCUT2D eigenvalue weighted by atomic mass is 10.2. The van der Waals surface area contributed by atoms with E-state index in [2.05, 4.69) is 5.32 Å². The molecule has 0 saturated heterocycles. The minimum atomic E-state index is -0.522. The summed E-state index contributed by atoms with van der Waals surface area (Å²) in [7, 11) is 0. The molecule has 0 aromatic heterocycles. The van der Waals surface area contributed by atoms with Crippen LogP contribution in [-0.4, -0.2) is 11.8 Å². The maximum absolute atomic E-state index is 11.9. The Morgan fingerprint density at radius 2 is 1.59 bits per heavy atom. The molecule has 0 heterocycles. The fourth-order valence-electron chi connectivity index (χ4n) is 1.73. The van der Waals surface area contributed by atoms with Gasteiger partial charge in [-0.25, -0.2) is 0 Å². The Labute approximate surface area is 137 Å². The second kappa shape index (κ2) is 7.11. The van der Waals surface area contributed by atoms with Crippen LogP contribution >= 0.6 is 23.2 Å². The first-order valence-electron chi connectivity index (χ1n) is 6.30. The second-order valence-corrected chi connectivity index (χ2v) is 5.21. The van der Waals surface area contributed by atoms with Crippen molar-refractivity contribution in [2.75, 3.05) is 5.32 Å². The van der Waals surface area contributed by atoms with E-state index in [1.807, 2.05) is 0 Å². The average molecular weight is 335 g/mol. The van der Waals surface area contributed by atoms with Crippen LogP contribution in [0.4, 0.5) is 5.69 Å². The number of nitrogens with one attached hydrogen (secondary N) is 1. The SMILES string of the molecule is NC(=O)c1ccc(NC(=O)/C=C\c2c(Cl)cccc2Cl)cc1. The number of nitrogens with two attached hydrogens (primary N) is 1. The molecule has 4 nitrogen and oxygen atoms in total. The van der Waals surface area contributed by atoms with Gasteiger partial charge in [0.05, 0.1) is 0 Å². The number of anilines is 1. The van der Waals surface area contributed by atoms with Crippen molar-refractivity contribution >= 4 is 46.8 Å². The topological polar surface area (TPSA) is 72.2 Å². The third-order valence-electron chi connectivity index (χ3n) is 2.84. The maximum Gasteiger partial charge on any atom is 0.248 e. The van der Waals surface area contributed by atoms with Crippen LogP contribution in [0.2, 0.25) is 10.0 Å². The Balaban J connectivity index is 2.06. The van der Waals surface area contributed by atoms with Crippen LogP contribution in [0.1, 0.15) is 15.9 Å². The molecule has 2 aromatic carbocycles. The van der Waals surface area contributed by atoms with E-state index in [-0.39, 0.29) is 5.91 Å². The summed E-state index contributed by atoms with van der Waals surface area (Å²) in [4.78, 5) is 22.8. The lowest BCUT2D eigenvalue weighted by Crippen LogP contribution is -2.11. The van der Waals surface area contributed by atoms with Crippen molar-refractivity contribution in [2.24, 2.45) is 5.73 Å². The number of hydrogen-bond acceptors (Lipinski definition) is 2.